The maximum Gasteiger partial charge on any atom is 0.199 e. The molecule has 3 aromatic rings. The highest BCUT2D eigenvalue weighted by atomic mass is 32.1. The van der Waals surface area contributed by atoms with E-state index in [1.54, 1.807) is 11.3 Å². The Bertz CT molecular complexity index is 1900. The van der Waals surface area contributed by atoms with E-state index in [4.69, 9.17) is 9.47 Å². The Labute approximate surface area is 324 Å². The van der Waals surface area contributed by atoms with E-state index >= 15 is 4.79 Å². The van der Waals surface area contributed by atoms with Crippen molar-refractivity contribution >= 4 is 27.2 Å². The summed E-state index contributed by atoms with van der Waals surface area (Å²) in [6.45, 7) is 7.64. The Morgan fingerprint density at radius 1 is 0.981 bits per heavy atom. The number of Topliss-reactive ketones (excluding diaryl/α,β-unsaturated/α-hetero) is 1. The van der Waals surface area contributed by atoms with Crippen LogP contribution in [-0.2, 0) is 16.1 Å². The first-order chi connectivity index (χ1) is 26.0. The van der Waals surface area contributed by atoms with E-state index < -0.39 is 22.5 Å². The van der Waals surface area contributed by atoms with E-state index in [0.29, 0.717) is 39.1 Å². The third-order valence-corrected chi connectivity index (χ3v) is 16.6. The van der Waals surface area contributed by atoms with Crippen molar-refractivity contribution in [2.75, 3.05) is 32.8 Å². The molecule has 7 nitrogen and oxygen atoms in total. The van der Waals surface area contributed by atoms with Gasteiger partial charge in [0, 0.05) is 52.8 Å². The van der Waals surface area contributed by atoms with Crippen molar-refractivity contribution in [3.8, 4) is 0 Å². The maximum atomic E-state index is 15.1. The van der Waals surface area contributed by atoms with Gasteiger partial charge >= 0.3 is 0 Å². The zero-order chi connectivity index (χ0) is 37.3. The molecular weight excluding hydrogens is 695 g/mol. The van der Waals surface area contributed by atoms with Crippen LogP contribution in [0.15, 0.2) is 84.5 Å². The lowest BCUT2D eigenvalue weighted by atomic mass is 9.32. The summed E-state index contributed by atoms with van der Waals surface area (Å²) >= 11 is 1.58. The summed E-state index contributed by atoms with van der Waals surface area (Å²) in [5.41, 5.74) is -0.455. The van der Waals surface area contributed by atoms with Crippen molar-refractivity contribution in [3.63, 3.8) is 0 Å². The lowest BCUT2D eigenvalue weighted by molar-refractivity contribution is -0.177. The first-order valence-corrected chi connectivity index (χ1v) is 21.3. The maximum absolute atomic E-state index is 15.1. The fourth-order valence-corrected chi connectivity index (χ4v) is 13.7. The van der Waals surface area contributed by atoms with Crippen molar-refractivity contribution in [2.45, 2.75) is 102 Å². The van der Waals surface area contributed by atoms with Crippen LogP contribution in [0.2, 0.25) is 0 Å². The molecule has 7 aliphatic rings. The molecule has 2 aromatic carbocycles. The standard InChI is InChI=1S/C46H57NO6S/c1-42-17-14-33(48)24-44(42)20-21-46(36(25-44)41(50)38-23-32-11-6-7-13-37(32)54-38)39(42)15-18-43(2)40(46)16-19-45(43,51)30-47(27-35-12-8-22-53-35)26-34(49)29-52-28-31-9-4-3-5-10-31/h3-7,9-11,13,20-21,23,25,33-35,39-40,48-49,51H,8,12,14-19,22,24,26-30H2,1-2H3. The van der Waals surface area contributed by atoms with Gasteiger partial charge in [-0.25, -0.2) is 0 Å². The van der Waals surface area contributed by atoms with Gasteiger partial charge in [-0.15, -0.1) is 11.3 Å². The summed E-state index contributed by atoms with van der Waals surface area (Å²) in [5, 5.41) is 36.7. The molecule has 54 heavy (non-hydrogen) atoms. The normalized spacial score (nSPS) is 38.7. The second kappa shape index (κ2) is 13.8. The highest BCUT2D eigenvalue weighted by Crippen LogP contribution is 2.78. The van der Waals surface area contributed by atoms with Crippen LogP contribution in [0, 0.1) is 33.5 Å². The summed E-state index contributed by atoms with van der Waals surface area (Å²) < 4.78 is 13.2. The number of allylic oxidation sites excluding steroid dienone is 4. The topological polar surface area (TPSA) is 99.5 Å². The number of carbonyl (C=O) groups is 1. The van der Waals surface area contributed by atoms with Gasteiger partial charge in [0.2, 0.25) is 0 Å². The molecule has 3 saturated carbocycles. The van der Waals surface area contributed by atoms with Gasteiger partial charge < -0.3 is 24.8 Å². The van der Waals surface area contributed by atoms with Crippen LogP contribution in [-0.4, -0.2) is 82.8 Å². The van der Waals surface area contributed by atoms with Crippen LogP contribution < -0.4 is 0 Å². The zero-order valence-electron chi connectivity index (χ0n) is 31.9. The Morgan fingerprint density at radius 3 is 2.54 bits per heavy atom. The average molecular weight is 752 g/mol. The number of hydrogen-bond donors (Lipinski definition) is 3. The number of hydrogen-bond acceptors (Lipinski definition) is 8. The van der Waals surface area contributed by atoms with Gasteiger partial charge in [-0.1, -0.05) is 80.6 Å². The number of aliphatic hydroxyl groups excluding tert-OH is 2. The molecule has 8 heteroatoms. The molecule has 10 rings (SSSR count). The van der Waals surface area contributed by atoms with Crippen LogP contribution in [0.25, 0.3) is 10.1 Å². The Morgan fingerprint density at radius 2 is 1.74 bits per heavy atom. The van der Waals surface area contributed by atoms with Crippen LogP contribution >= 0.6 is 11.3 Å². The number of aliphatic hydroxyl groups is 3. The third kappa shape index (κ3) is 5.76. The minimum atomic E-state index is -1.02. The molecule has 10 atom stereocenters. The quantitative estimate of drug-likeness (QED) is 0.129. The molecule has 1 aromatic heterocycles. The molecule has 6 aliphatic carbocycles. The number of carbonyl (C=O) groups excluding carboxylic acids is 1. The summed E-state index contributed by atoms with van der Waals surface area (Å²) in [6.07, 6.45) is 13.7. The molecule has 288 valence electrons. The zero-order valence-corrected chi connectivity index (χ0v) is 32.7. The first-order valence-electron chi connectivity index (χ1n) is 20.5. The van der Waals surface area contributed by atoms with Crippen molar-refractivity contribution < 1.29 is 29.6 Å². The fourth-order valence-electron chi connectivity index (χ4n) is 12.7. The van der Waals surface area contributed by atoms with Crippen LogP contribution in [0.5, 0.6) is 0 Å². The Hall–Kier alpha value is -2.69. The van der Waals surface area contributed by atoms with Gasteiger partial charge in [0.05, 0.1) is 42.0 Å². The second-order valence-corrected chi connectivity index (χ2v) is 19.4. The van der Waals surface area contributed by atoms with Crippen molar-refractivity contribution in [1.29, 1.82) is 0 Å². The molecule has 1 aliphatic heterocycles. The van der Waals surface area contributed by atoms with Gasteiger partial charge in [-0.3, -0.25) is 9.69 Å². The van der Waals surface area contributed by atoms with Gasteiger partial charge in [-0.05, 0) is 98.1 Å². The molecule has 3 N–H and O–H groups in total. The molecule has 2 spiro atoms. The number of ether oxygens (including phenoxy) is 2. The SMILES string of the molecule is CC12CCC(O)CC13C=CC1(C(C(=O)c4cc5ccccc5s4)=C3)C2CCC2(C)C1CCC2(O)CN(CC(O)COCc1ccccc1)CC1CCCO1. The van der Waals surface area contributed by atoms with E-state index in [2.05, 4.69) is 55.2 Å². The van der Waals surface area contributed by atoms with Gasteiger partial charge in [0.25, 0.3) is 0 Å². The fraction of sp³-hybridized carbons (Fsp3) is 0.587. The molecule has 1 saturated heterocycles. The highest BCUT2D eigenvalue weighted by molar-refractivity contribution is 7.21. The lowest BCUT2D eigenvalue weighted by Crippen LogP contribution is -2.67. The van der Waals surface area contributed by atoms with E-state index in [1.807, 2.05) is 42.5 Å². The molecule has 2 bridgehead atoms. The summed E-state index contributed by atoms with van der Waals surface area (Å²) in [6, 6.07) is 20.3. The molecule has 0 radical (unpaired) electrons. The third-order valence-electron chi connectivity index (χ3n) is 15.5. The van der Waals surface area contributed by atoms with Crippen LogP contribution in [0.4, 0.5) is 0 Å². The Balaban J connectivity index is 1.04. The van der Waals surface area contributed by atoms with E-state index in [1.165, 1.54) is 0 Å². The molecule has 10 unspecified atom stereocenters. The van der Waals surface area contributed by atoms with E-state index in [-0.39, 0.29) is 47.3 Å². The van der Waals surface area contributed by atoms with Crippen LogP contribution in [0.1, 0.15) is 86.9 Å². The smallest absolute Gasteiger partial charge is 0.199 e. The van der Waals surface area contributed by atoms with Gasteiger partial charge in [0.15, 0.2) is 5.78 Å². The predicted octanol–water partition coefficient (Wildman–Crippen LogP) is 7.73. The Kier molecular flexibility index (Phi) is 9.40. The first kappa shape index (κ1) is 36.9. The summed E-state index contributed by atoms with van der Waals surface area (Å²) in [7, 11) is 0. The molecular formula is C46H57NO6S. The van der Waals surface area contributed by atoms with Crippen LogP contribution in [0.3, 0.4) is 0 Å². The molecule has 2 heterocycles. The number of ketones is 1. The monoisotopic (exact) mass is 751 g/mol. The van der Waals surface area contributed by atoms with Gasteiger partial charge in [0.1, 0.15) is 0 Å². The molecule has 0 amide bonds. The number of rotatable bonds is 12. The highest BCUT2D eigenvalue weighted by Gasteiger charge is 2.74. The second-order valence-electron chi connectivity index (χ2n) is 18.3. The lowest BCUT2D eigenvalue weighted by Gasteiger charge is -2.71. The number of nitrogens with zero attached hydrogens (tertiary/aromatic N) is 1. The molecule has 4 fully saturated rings. The minimum Gasteiger partial charge on any atom is -0.393 e. The largest absolute Gasteiger partial charge is 0.393 e. The van der Waals surface area contributed by atoms with Crippen molar-refractivity contribution in [1.82, 2.24) is 4.90 Å². The average Bonchev–Trinajstić information content (AvgIpc) is 3.90. The van der Waals surface area contributed by atoms with E-state index in [0.717, 1.165) is 77.7 Å². The predicted molar refractivity (Wildman–Crippen MR) is 212 cm³/mol. The number of fused-ring (bicyclic) bond motifs is 2. The van der Waals surface area contributed by atoms with Crippen molar-refractivity contribution in [2.24, 2.45) is 33.5 Å². The minimum absolute atomic E-state index is 0.0697. The van der Waals surface area contributed by atoms with E-state index in [9.17, 15) is 15.3 Å². The summed E-state index contributed by atoms with van der Waals surface area (Å²) in [4.78, 5) is 18.1. The number of benzene rings is 2. The van der Waals surface area contributed by atoms with Crippen molar-refractivity contribution in [3.05, 3.63) is 94.9 Å². The van der Waals surface area contributed by atoms with Gasteiger partial charge in [-0.2, -0.15) is 0 Å². The number of thiophene rings is 1. The summed E-state index contributed by atoms with van der Waals surface area (Å²) in [5.74, 6) is 0.429.